The lowest BCUT2D eigenvalue weighted by molar-refractivity contribution is 0.102. The van der Waals surface area contributed by atoms with Gasteiger partial charge in [-0.25, -0.2) is 9.97 Å². The van der Waals surface area contributed by atoms with Crippen molar-refractivity contribution in [3.05, 3.63) is 78.4 Å². The second kappa shape index (κ2) is 6.44. The maximum atomic E-state index is 12.4. The Labute approximate surface area is 151 Å². The number of fused-ring (bicyclic) bond motifs is 1. The van der Waals surface area contributed by atoms with E-state index in [1.807, 2.05) is 67.2 Å². The third-order valence-electron chi connectivity index (χ3n) is 4.39. The molecule has 0 aliphatic carbocycles. The first kappa shape index (κ1) is 16.0. The van der Waals surface area contributed by atoms with Gasteiger partial charge in [0.05, 0.1) is 18.2 Å². The average molecular weight is 342 g/mol. The Morgan fingerprint density at radius 1 is 1.00 bits per heavy atom. The van der Waals surface area contributed by atoms with Gasteiger partial charge in [-0.1, -0.05) is 29.8 Å². The fourth-order valence-electron chi connectivity index (χ4n) is 2.90. The fraction of sp³-hybridized carbons (Fsp3) is 0.0952. The molecule has 0 radical (unpaired) electrons. The normalized spacial score (nSPS) is 10.8. The average Bonchev–Trinajstić information content (AvgIpc) is 3.07. The van der Waals surface area contributed by atoms with Crippen LogP contribution >= 0.6 is 0 Å². The molecule has 0 aliphatic heterocycles. The van der Waals surface area contributed by atoms with E-state index in [4.69, 9.17) is 0 Å². The molecule has 0 atom stereocenters. The number of rotatable bonds is 3. The van der Waals surface area contributed by atoms with E-state index in [2.05, 4.69) is 21.4 Å². The van der Waals surface area contributed by atoms with Crippen LogP contribution in [0.3, 0.4) is 0 Å². The van der Waals surface area contributed by atoms with Gasteiger partial charge in [-0.2, -0.15) is 0 Å². The Hall–Kier alpha value is -3.47. The summed E-state index contributed by atoms with van der Waals surface area (Å²) in [4.78, 5) is 20.9. The molecule has 0 aliphatic rings. The van der Waals surface area contributed by atoms with Gasteiger partial charge < -0.3 is 9.88 Å². The first-order valence-corrected chi connectivity index (χ1v) is 8.35. The van der Waals surface area contributed by atoms with Crippen molar-refractivity contribution in [2.75, 3.05) is 5.32 Å². The predicted octanol–water partition coefficient (Wildman–Crippen LogP) is 4.20. The van der Waals surface area contributed by atoms with Crippen molar-refractivity contribution >= 4 is 22.5 Å². The maximum Gasteiger partial charge on any atom is 0.256 e. The highest BCUT2D eigenvalue weighted by atomic mass is 16.1. The standard InChI is InChI=1S/C21H18N4O/c1-14-3-5-15(6-4-14)21(26)24-20-10-18-9-16(7-8-17(18)11-23-20)19-12-22-13-25(19)2/h3-13H,1-2H3,(H,23,24,26). The molecule has 5 nitrogen and oxygen atoms in total. The molecule has 0 spiro atoms. The third-order valence-corrected chi connectivity index (χ3v) is 4.39. The smallest absolute Gasteiger partial charge is 0.256 e. The summed E-state index contributed by atoms with van der Waals surface area (Å²) >= 11 is 0. The van der Waals surface area contributed by atoms with Crippen LogP contribution in [0.25, 0.3) is 22.0 Å². The monoisotopic (exact) mass is 342 g/mol. The van der Waals surface area contributed by atoms with Crippen LogP contribution in [0.5, 0.6) is 0 Å². The van der Waals surface area contributed by atoms with Gasteiger partial charge in [-0.05, 0) is 36.6 Å². The zero-order valence-electron chi connectivity index (χ0n) is 14.6. The second-order valence-corrected chi connectivity index (χ2v) is 6.34. The summed E-state index contributed by atoms with van der Waals surface area (Å²) in [5, 5.41) is 4.90. The van der Waals surface area contributed by atoms with Crippen molar-refractivity contribution in [2.24, 2.45) is 7.05 Å². The molecular formula is C21H18N4O. The molecule has 26 heavy (non-hydrogen) atoms. The van der Waals surface area contributed by atoms with Gasteiger partial charge in [0, 0.05) is 29.8 Å². The first-order chi connectivity index (χ1) is 12.6. The van der Waals surface area contributed by atoms with E-state index in [0.717, 1.165) is 27.6 Å². The molecule has 4 rings (SSSR count). The van der Waals surface area contributed by atoms with Gasteiger partial charge in [0.15, 0.2) is 0 Å². The molecule has 0 saturated carbocycles. The summed E-state index contributed by atoms with van der Waals surface area (Å²) < 4.78 is 1.97. The number of amides is 1. The number of carbonyl (C=O) groups is 1. The number of aromatic nitrogens is 3. The number of anilines is 1. The van der Waals surface area contributed by atoms with Gasteiger partial charge in [-0.3, -0.25) is 4.79 Å². The number of aryl methyl sites for hydroxylation is 2. The highest BCUT2D eigenvalue weighted by Gasteiger charge is 2.08. The van der Waals surface area contributed by atoms with Gasteiger partial charge in [-0.15, -0.1) is 0 Å². The summed E-state index contributed by atoms with van der Waals surface area (Å²) in [6.07, 6.45) is 5.38. The van der Waals surface area contributed by atoms with Crippen molar-refractivity contribution < 1.29 is 4.79 Å². The van der Waals surface area contributed by atoms with E-state index in [1.54, 1.807) is 12.5 Å². The Kier molecular flexibility index (Phi) is 3.97. The molecule has 1 N–H and O–H groups in total. The molecular weight excluding hydrogens is 324 g/mol. The minimum Gasteiger partial charge on any atom is -0.334 e. The lowest BCUT2D eigenvalue weighted by atomic mass is 10.1. The number of nitrogens with zero attached hydrogens (tertiary/aromatic N) is 3. The Morgan fingerprint density at radius 3 is 2.54 bits per heavy atom. The predicted molar refractivity (Wildman–Crippen MR) is 103 cm³/mol. The quantitative estimate of drug-likeness (QED) is 0.607. The topological polar surface area (TPSA) is 59.8 Å². The lowest BCUT2D eigenvalue weighted by Crippen LogP contribution is -2.12. The molecule has 4 aromatic rings. The highest BCUT2D eigenvalue weighted by Crippen LogP contribution is 2.25. The van der Waals surface area contributed by atoms with E-state index < -0.39 is 0 Å². The molecule has 2 aromatic carbocycles. The van der Waals surface area contributed by atoms with E-state index in [-0.39, 0.29) is 5.91 Å². The van der Waals surface area contributed by atoms with Crippen LogP contribution in [0.4, 0.5) is 5.82 Å². The molecule has 0 bridgehead atoms. The van der Waals surface area contributed by atoms with Gasteiger partial charge in [0.1, 0.15) is 5.82 Å². The number of imidazole rings is 1. The van der Waals surface area contributed by atoms with E-state index >= 15 is 0 Å². The molecule has 128 valence electrons. The highest BCUT2D eigenvalue weighted by molar-refractivity contribution is 6.04. The van der Waals surface area contributed by atoms with Crippen molar-refractivity contribution in [1.29, 1.82) is 0 Å². The second-order valence-electron chi connectivity index (χ2n) is 6.34. The SMILES string of the molecule is Cc1ccc(C(=O)Nc2cc3cc(-c4cncn4C)ccc3cn2)cc1. The summed E-state index contributed by atoms with van der Waals surface area (Å²) in [5.74, 6) is 0.366. The number of nitrogens with one attached hydrogen (secondary N) is 1. The minimum atomic E-state index is -0.167. The number of hydrogen-bond donors (Lipinski definition) is 1. The van der Waals surface area contributed by atoms with Crippen molar-refractivity contribution in [2.45, 2.75) is 6.92 Å². The van der Waals surface area contributed by atoms with Crippen LogP contribution in [-0.2, 0) is 7.05 Å². The Balaban J connectivity index is 1.65. The fourth-order valence-corrected chi connectivity index (χ4v) is 2.90. The largest absolute Gasteiger partial charge is 0.334 e. The Morgan fingerprint density at radius 2 is 1.81 bits per heavy atom. The summed E-state index contributed by atoms with van der Waals surface area (Å²) in [6.45, 7) is 1.99. The van der Waals surface area contributed by atoms with Crippen LogP contribution in [-0.4, -0.2) is 20.4 Å². The van der Waals surface area contributed by atoms with Crippen LogP contribution in [0.15, 0.2) is 67.3 Å². The van der Waals surface area contributed by atoms with Crippen molar-refractivity contribution in [3.8, 4) is 11.3 Å². The van der Waals surface area contributed by atoms with Crippen molar-refractivity contribution in [3.63, 3.8) is 0 Å². The van der Waals surface area contributed by atoms with Crippen LogP contribution in [0, 0.1) is 6.92 Å². The van der Waals surface area contributed by atoms with Gasteiger partial charge in [0.2, 0.25) is 0 Å². The number of hydrogen-bond acceptors (Lipinski definition) is 3. The van der Waals surface area contributed by atoms with Crippen molar-refractivity contribution in [1.82, 2.24) is 14.5 Å². The number of pyridine rings is 1. The lowest BCUT2D eigenvalue weighted by Gasteiger charge is -2.08. The molecule has 5 heteroatoms. The van der Waals surface area contributed by atoms with E-state index in [1.165, 1.54) is 0 Å². The maximum absolute atomic E-state index is 12.4. The third kappa shape index (κ3) is 3.07. The van der Waals surface area contributed by atoms with Gasteiger partial charge >= 0.3 is 0 Å². The molecule has 0 saturated heterocycles. The number of carbonyl (C=O) groups excluding carboxylic acids is 1. The van der Waals surface area contributed by atoms with Crippen LogP contribution in [0.2, 0.25) is 0 Å². The molecule has 1 amide bonds. The molecule has 2 aromatic heterocycles. The zero-order chi connectivity index (χ0) is 18.1. The minimum absolute atomic E-state index is 0.167. The summed E-state index contributed by atoms with van der Waals surface area (Å²) in [5.41, 5.74) is 3.84. The zero-order valence-corrected chi connectivity index (χ0v) is 14.6. The summed E-state index contributed by atoms with van der Waals surface area (Å²) in [7, 11) is 1.96. The van der Waals surface area contributed by atoms with E-state index in [9.17, 15) is 4.79 Å². The Bertz CT molecular complexity index is 1100. The van der Waals surface area contributed by atoms with Gasteiger partial charge in [0.25, 0.3) is 5.91 Å². The molecule has 0 unspecified atom stereocenters. The molecule has 0 fully saturated rings. The van der Waals surface area contributed by atoms with Crippen LogP contribution < -0.4 is 5.32 Å². The summed E-state index contributed by atoms with van der Waals surface area (Å²) in [6, 6.07) is 15.5. The van der Waals surface area contributed by atoms with E-state index in [0.29, 0.717) is 11.4 Å². The van der Waals surface area contributed by atoms with Crippen LogP contribution in [0.1, 0.15) is 15.9 Å². The molecule has 2 heterocycles. The first-order valence-electron chi connectivity index (χ1n) is 8.35. The number of benzene rings is 2.